The molecule has 2 N–H and O–H groups in total. The third-order valence-electron chi connectivity index (χ3n) is 5.14. The van der Waals surface area contributed by atoms with Crippen molar-refractivity contribution in [2.24, 2.45) is 0 Å². The van der Waals surface area contributed by atoms with Crippen molar-refractivity contribution in [2.75, 3.05) is 13.7 Å². The number of benzene rings is 1. The molecule has 1 aromatic carbocycles. The van der Waals surface area contributed by atoms with Crippen molar-refractivity contribution >= 4 is 17.8 Å². The van der Waals surface area contributed by atoms with E-state index >= 15 is 0 Å². The number of amides is 4. The summed E-state index contributed by atoms with van der Waals surface area (Å²) in [5.74, 6) is -0.104. The van der Waals surface area contributed by atoms with Gasteiger partial charge in [-0.05, 0) is 38.0 Å². The molecule has 0 spiro atoms. The average Bonchev–Trinajstić information content (AvgIpc) is 2.89. The number of carbonyl (C=O) groups is 3. The highest BCUT2D eigenvalue weighted by molar-refractivity contribution is 6.09. The summed E-state index contributed by atoms with van der Waals surface area (Å²) in [7, 11) is 1.56. The van der Waals surface area contributed by atoms with Gasteiger partial charge in [0.15, 0.2) is 0 Å². The predicted molar refractivity (Wildman–Crippen MR) is 107 cm³/mol. The number of nitrogens with zero attached hydrogens (tertiary/aromatic N) is 1. The number of carbonyl (C=O) groups excluding carboxylic acids is 3. The van der Waals surface area contributed by atoms with Gasteiger partial charge in [-0.15, -0.1) is 0 Å². The standard InChI is InChI=1S/C21H31N3O4/c1-5-6-7-8-9-15(2)22-18(25)14-24-19(26)21(3,23-20(24)27)16-10-12-17(28-4)13-11-16/h10-13,15H,5-9,14H2,1-4H3,(H,22,25)(H,23,27)/t15-,21-/m0/s1. The van der Waals surface area contributed by atoms with E-state index in [-0.39, 0.29) is 18.5 Å². The van der Waals surface area contributed by atoms with E-state index in [0.717, 1.165) is 24.2 Å². The number of hydrogen-bond acceptors (Lipinski definition) is 4. The fourth-order valence-corrected chi connectivity index (χ4v) is 3.37. The van der Waals surface area contributed by atoms with Gasteiger partial charge in [0.2, 0.25) is 5.91 Å². The van der Waals surface area contributed by atoms with Gasteiger partial charge in [-0.2, -0.15) is 0 Å². The van der Waals surface area contributed by atoms with Gasteiger partial charge in [0, 0.05) is 6.04 Å². The van der Waals surface area contributed by atoms with Crippen LogP contribution in [0.15, 0.2) is 24.3 Å². The number of imide groups is 1. The molecule has 7 heteroatoms. The Morgan fingerprint density at radius 2 is 1.89 bits per heavy atom. The smallest absolute Gasteiger partial charge is 0.325 e. The molecule has 1 fully saturated rings. The average molecular weight is 389 g/mol. The van der Waals surface area contributed by atoms with Crippen LogP contribution < -0.4 is 15.4 Å². The molecule has 0 aromatic heterocycles. The Bertz CT molecular complexity index is 704. The van der Waals surface area contributed by atoms with Gasteiger partial charge in [-0.1, -0.05) is 44.7 Å². The van der Waals surface area contributed by atoms with E-state index in [4.69, 9.17) is 4.74 Å². The Balaban J connectivity index is 1.96. The molecule has 1 saturated heterocycles. The Morgan fingerprint density at radius 1 is 1.21 bits per heavy atom. The first-order valence-corrected chi connectivity index (χ1v) is 9.89. The van der Waals surface area contributed by atoms with Crippen molar-refractivity contribution in [1.29, 1.82) is 0 Å². The normalized spacial score (nSPS) is 20.1. The fraction of sp³-hybridized carbons (Fsp3) is 0.571. The van der Waals surface area contributed by atoms with Crippen molar-refractivity contribution < 1.29 is 19.1 Å². The summed E-state index contributed by atoms with van der Waals surface area (Å²) in [5, 5.41) is 5.59. The zero-order chi connectivity index (χ0) is 20.7. The van der Waals surface area contributed by atoms with E-state index in [1.807, 2.05) is 6.92 Å². The topological polar surface area (TPSA) is 87.7 Å². The summed E-state index contributed by atoms with van der Waals surface area (Å²) in [6.07, 6.45) is 5.43. The lowest BCUT2D eigenvalue weighted by Crippen LogP contribution is -2.45. The summed E-state index contributed by atoms with van der Waals surface area (Å²) >= 11 is 0. The first-order valence-electron chi connectivity index (χ1n) is 9.89. The van der Waals surface area contributed by atoms with E-state index in [9.17, 15) is 14.4 Å². The molecule has 28 heavy (non-hydrogen) atoms. The molecule has 2 rings (SSSR count). The van der Waals surface area contributed by atoms with Gasteiger partial charge in [0.05, 0.1) is 7.11 Å². The van der Waals surface area contributed by atoms with E-state index in [1.54, 1.807) is 38.3 Å². The zero-order valence-corrected chi connectivity index (χ0v) is 17.2. The maximum Gasteiger partial charge on any atom is 0.325 e. The van der Waals surface area contributed by atoms with Crippen LogP contribution in [0.25, 0.3) is 0 Å². The van der Waals surface area contributed by atoms with Gasteiger partial charge >= 0.3 is 6.03 Å². The molecule has 0 aliphatic carbocycles. The third-order valence-corrected chi connectivity index (χ3v) is 5.14. The maximum absolute atomic E-state index is 12.9. The summed E-state index contributed by atoms with van der Waals surface area (Å²) < 4.78 is 5.13. The third kappa shape index (κ3) is 5.03. The summed E-state index contributed by atoms with van der Waals surface area (Å²) in [5.41, 5.74) is -0.561. The highest BCUT2D eigenvalue weighted by atomic mass is 16.5. The van der Waals surface area contributed by atoms with Crippen LogP contribution in [0.2, 0.25) is 0 Å². The van der Waals surface area contributed by atoms with Gasteiger partial charge < -0.3 is 15.4 Å². The van der Waals surface area contributed by atoms with Crippen molar-refractivity contribution in [3.05, 3.63) is 29.8 Å². The summed E-state index contributed by atoms with van der Waals surface area (Å²) in [6.45, 7) is 5.46. The first kappa shape index (κ1) is 21.7. The van der Waals surface area contributed by atoms with Gasteiger partial charge in [-0.25, -0.2) is 4.79 Å². The molecule has 0 unspecified atom stereocenters. The lowest BCUT2D eigenvalue weighted by atomic mass is 9.92. The number of ether oxygens (including phenoxy) is 1. The number of methoxy groups -OCH3 is 1. The fourth-order valence-electron chi connectivity index (χ4n) is 3.37. The van der Waals surface area contributed by atoms with Crippen LogP contribution >= 0.6 is 0 Å². The van der Waals surface area contributed by atoms with Gasteiger partial charge in [0.25, 0.3) is 5.91 Å². The molecule has 0 bridgehead atoms. The van der Waals surface area contributed by atoms with Crippen LogP contribution in [0.1, 0.15) is 58.4 Å². The molecule has 1 aromatic rings. The quantitative estimate of drug-likeness (QED) is 0.476. The molecule has 1 aliphatic heterocycles. The molecule has 0 saturated carbocycles. The van der Waals surface area contributed by atoms with Gasteiger partial charge in [-0.3, -0.25) is 14.5 Å². The minimum Gasteiger partial charge on any atom is -0.497 e. The van der Waals surface area contributed by atoms with Crippen LogP contribution in [0.5, 0.6) is 5.75 Å². The highest BCUT2D eigenvalue weighted by Crippen LogP contribution is 2.29. The summed E-state index contributed by atoms with van der Waals surface area (Å²) in [4.78, 5) is 38.5. The maximum atomic E-state index is 12.9. The second-order valence-electron chi connectivity index (χ2n) is 7.49. The Labute approximate surface area is 166 Å². The van der Waals surface area contributed by atoms with Crippen molar-refractivity contribution in [3.63, 3.8) is 0 Å². The van der Waals surface area contributed by atoms with Crippen LogP contribution in [0.4, 0.5) is 4.79 Å². The van der Waals surface area contributed by atoms with Crippen molar-refractivity contribution in [1.82, 2.24) is 15.5 Å². The summed E-state index contributed by atoms with van der Waals surface area (Å²) in [6, 6.07) is 6.38. The number of nitrogens with one attached hydrogen (secondary N) is 2. The molecular formula is C21H31N3O4. The van der Waals surface area contributed by atoms with E-state index in [2.05, 4.69) is 17.6 Å². The minimum absolute atomic E-state index is 0.0121. The Morgan fingerprint density at radius 3 is 2.50 bits per heavy atom. The molecule has 7 nitrogen and oxygen atoms in total. The van der Waals surface area contributed by atoms with Crippen LogP contribution in [0.3, 0.4) is 0 Å². The predicted octanol–water partition coefficient (Wildman–Crippen LogP) is 2.94. The molecule has 1 heterocycles. The van der Waals surface area contributed by atoms with Crippen LogP contribution in [-0.4, -0.2) is 42.4 Å². The van der Waals surface area contributed by atoms with Crippen molar-refractivity contribution in [3.8, 4) is 5.75 Å². The lowest BCUT2D eigenvalue weighted by Gasteiger charge is -2.22. The molecule has 1 aliphatic rings. The van der Waals surface area contributed by atoms with E-state index in [0.29, 0.717) is 11.3 Å². The second kappa shape index (κ2) is 9.57. The molecule has 4 amide bonds. The lowest BCUT2D eigenvalue weighted by molar-refractivity contribution is -0.135. The number of urea groups is 1. The Hall–Kier alpha value is -2.57. The second-order valence-corrected chi connectivity index (χ2v) is 7.49. The number of hydrogen-bond donors (Lipinski definition) is 2. The molecular weight excluding hydrogens is 358 g/mol. The monoisotopic (exact) mass is 389 g/mol. The minimum atomic E-state index is -1.20. The number of rotatable bonds is 10. The zero-order valence-electron chi connectivity index (χ0n) is 17.2. The van der Waals surface area contributed by atoms with Crippen molar-refractivity contribution in [2.45, 2.75) is 64.5 Å². The Kier molecular flexibility index (Phi) is 7.43. The van der Waals surface area contributed by atoms with E-state index < -0.39 is 17.5 Å². The molecule has 154 valence electrons. The SMILES string of the molecule is CCCCCC[C@H](C)NC(=O)CN1C(=O)N[C@@](C)(c2ccc(OC)cc2)C1=O. The molecule has 0 radical (unpaired) electrons. The van der Waals surface area contributed by atoms with E-state index in [1.165, 1.54) is 12.8 Å². The van der Waals surface area contributed by atoms with Gasteiger partial charge in [0.1, 0.15) is 17.8 Å². The molecule has 2 atom stereocenters. The first-order chi connectivity index (χ1) is 13.3. The number of unbranched alkanes of at least 4 members (excludes halogenated alkanes) is 3. The largest absolute Gasteiger partial charge is 0.497 e. The highest BCUT2D eigenvalue weighted by Gasteiger charge is 2.49. The van der Waals surface area contributed by atoms with Crippen LogP contribution in [0, 0.1) is 0 Å². The van der Waals surface area contributed by atoms with Crippen LogP contribution in [-0.2, 0) is 15.1 Å².